The van der Waals surface area contributed by atoms with Gasteiger partial charge in [0.1, 0.15) is 5.60 Å². The molecule has 0 N–H and O–H groups in total. The Morgan fingerprint density at radius 3 is 2.33 bits per heavy atom. The molecule has 0 spiro atoms. The van der Waals surface area contributed by atoms with E-state index in [1.54, 1.807) is 0 Å². The third-order valence-electron chi connectivity index (χ3n) is 2.74. The highest BCUT2D eigenvalue weighted by Crippen LogP contribution is 2.25. The fraction of sp³-hybridized carbons (Fsp3) is 0.562. The van der Waals surface area contributed by atoms with Crippen LogP contribution in [0.15, 0.2) is 30.3 Å². The Balaban J connectivity index is 2.82. The summed E-state index contributed by atoms with van der Waals surface area (Å²) in [4.78, 5) is 12.2. The molecule has 0 amide bonds. The third-order valence-corrected chi connectivity index (χ3v) is 2.74. The maximum atomic E-state index is 12.2. The zero-order valence-corrected chi connectivity index (χ0v) is 11.9. The smallest absolute Gasteiger partial charge is 0.313 e. The van der Waals surface area contributed by atoms with Gasteiger partial charge in [-0.3, -0.25) is 4.79 Å². The molecule has 1 aromatic carbocycles. The molecule has 1 unspecified atom stereocenters. The van der Waals surface area contributed by atoms with Gasteiger partial charge in [0.25, 0.3) is 0 Å². The Hall–Kier alpha value is -1.31. The van der Waals surface area contributed by atoms with Crippen molar-refractivity contribution in [3.05, 3.63) is 35.9 Å². The lowest BCUT2D eigenvalue weighted by Crippen LogP contribution is -2.27. The largest absolute Gasteiger partial charge is 0.459 e. The summed E-state index contributed by atoms with van der Waals surface area (Å²) in [6, 6.07) is 9.92. The first kappa shape index (κ1) is 14.7. The van der Waals surface area contributed by atoms with Gasteiger partial charge in [0.2, 0.25) is 0 Å². The Morgan fingerprint density at radius 2 is 1.83 bits per heavy atom. The number of rotatable bonds is 5. The van der Waals surface area contributed by atoms with Gasteiger partial charge < -0.3 is 4.74 Å². The van der Waals surface area contributed by atoms with Gasteiger partial charge in [0, 0.05) is 0 Å². The topological polar surface area (TPSA) is 26.3 Å². The summed E-state index contributed by atoms with van der Waals surface area (Å²) in [5, 5.41) is 0. The highest BCUT2D eigenvalue weighted by molar-refractivity contribution is 5.78. The van der Waals surface area contributed by atoms with Crippen LogP contribution in [0.2, 0.25) is 0 Å². The molecule has 0 radical (unpaired) electrons. The van der Waals surface area contributed by atoms with E-state index in [4.69, 9.17) is 4.74 Å². The molecule has 0 aromatic heterocycles. The highest BCUT2D eigenvalue weighted by Gasteiger charge is 2.25. The molecule has 0 fully saturated rings. The number of benzene rings is 1. The summed E-state index contributed by atoms with van der Waals surface area (Å²) in [6.45, 7) is 7.86. The van der Waals surface area contributed by atoms with E-state index in [0.29, 0.717) is 0 Å². The van der Waals surface area contributed by atoms with Crippen LogP contribution in [0, 0.1) is 0 Å². The van der Waals surface area contributed by atoms with Crippen molar-refractivity contribution in [1.82, 2.24) is 0 Å². The third kappa shape index (κ3) is 4.91. The van der Waals surface area contributed by atoms with Crippen molar-refractivity contribution in [1.29, 1.82) is 0 Å². The minimum Gasteiger partial charge on any atom is -0.459 e. The van der Waals surface area contributed by atoms with Crippen molar-refractivity contribution >= 4 is 5.97 Å². The minimum absolute atomic E-state index is 0.109. The van der Waals surface area contributed by atoms with Gasteiger partial charge >= 0.3 is 5.97 Å². The van der Waals surface area contributed by atoms with Crippen LogP contribution in [-0.4, -0.2) is 11.6 Å². The van der Waals surface area contributed by atoms with E-state index in [2.05, 4.69) is 6.92 Å². The van der Waals surface area contributed by atoms with E-state index in [1.807, 2.05) is 51.1 Å². The summed E-state index contributed by atoms with van der Waals surface area (Å²) < 4.78 is 5.51. The normalized spacial score (nSPS) is 13.1. The average molecular weight is 248 g/mol. The van der Waals surface area contributed by atoms with E-state index in [9.17, 15) is 4.79 Å². The van der Waals surface area contributed by atoms with Gasteiger partial charge in [-0.2, -0.15) is 0 Å². The monoisotopic (exact) mass is 248 g/mol. The number of ether oxygens (including phenoxy) is 1. The maximum Gasteiger partial charge on any atom is 0.313 e. The van der Waals surface area contributed by atoms with Gasteiger partial charge in [-0.25, -0.2) is 0 Å². The van der Waals surface area contributed by atoms with Gasteiger partial charge in [-0.05, 0) is 32.8 Å². The Bertz CT molecular complexity index is 362. The molecule has 0 bridgehead atoms. The predicted molar refractivity (Wildman–Crippen MR) is 74.6 cm³/mol. The van der Waals surface area contributed by atoms with E-state index >= 15 is 0 Å². The summed E-state index contributed by atoms with van der Waals surface area (Å²) in [5.41, 5.74) is 0.635. The Kier molecular flexibility index (Phi) is 5.39. The van der Waals surface area contributed by atoms with E-state index in [-0.39, 0.29) is 11.9 Å². The zero-order chi connectivity index (χ0) is 13.6. The summed E-state index contributed by atoms with van der Waals surface area (Å²) in [5.74, 6) is -0.243. The van der Waals surface area contributed by atoms with Crippen LogP contribution >= 0.6 is 0 Å². The fourth-order valence-corrected chi connectivity index (χ4v) is 1.89. The van der Waals surface area contributed by atoms with Crippen LogP contribution < -0.4 is 0 Å². The SMILES string of the molecule is CCCCC(C(=O)OC(C)(C)C)c1ccccc1. The van der Waals surface area contributed by atoms with Crippen LogP contribution in [0.25, 0.3) is 0 Å². The standard InChI is InChI=1S/C16H24O2/c1-5-6-12-14(13-10-8-7-9-11-13)15(17)18-16(2,3)4/h7-11,14H,5-6,12H2,1-4H3. The number of unbranched alkanes of at least 4 members (excludes halogenated alkanes) is 1. The molecule has 0 aliphatic heterocycles. The number of hydrogen-bond donors (Lipinski definition) is 0. The van der Waals surface area contributed by atoms with Crippen molar-refractivity contribution in [3.8, 4) is 0 Å². The molecular weight excluding hydrogens is 224 g/mol. The quantitative estimate of drug-likeness (QED) is 0.726. The lowest BCUT2D eigenvalue weighted by molar-refractivity contribution is -0.157. The fourth-order valence-electron chi connectivity index (χ4n) is 1.89. The molecular formula is C16H24O2. The molecule has 0 saturated carbocycles. The zero-order valence-electron chi connectivity index (χ0n) is 11.9. The molecule has 0 aliphatic rings. The van der Waals surface area contributed by atoms with Crippen LogP contribution in [0.4, 0.5) is 0 Å². The predicted octanol–water partition coefficient (Wildman–Crippen LogP) is 4.30. The van der Waals surface area contributed by atoms with Crippen molar-refractivity contribution in [2.75, 3.05) is 0 Å². The highest BCUT2D eigenvalue weighted by atomic mass is 16.6. The summed E-state index contributed by atoms with van der Waals surface area (Å²) in [7, 11) is 0. The molecule has 2 nitrogen and oxygen atoms in total. The molecule has 1 atom stereocenters. The second-order valence-corrected chi connectivity index (χ2v) is 5.64. The van der Waals surface area contributed by atoms with E-state index < -0.39 is 5.60 Å². The van der Waals surface area contributed by atoms with Crippen LogP contribution in [-0.2, 0) is 9.53 Å². The lowest BCUT2D eigenvalue weighted by Gasteiger charge is -2.24. The first-order valence-corrected chi connectivity index (χ1v) is 6.72. The number of carbonyl (C=O) groups is 1. The molecule has 100 valence electrons. The minimum atomic E-state index is -0.420. The van der Waals surface area contributed by atoms with Crippen LogP contribution in [0.5, 0.6) is 0 Å². The first-order valence-electron chi connectivity index (χ1n) is 6.72. The molecule has 1 aromatic rings. The Labute approximate surface area is 110 Å². The molecule has 0 aliphatic carbocycles. The second-order valence-electron chi connectivity index (χ2n) is 5.64. The lowest BCUT2D eigenvalue weighted by atomic mass is 9.93. The van der Waals surface area contributed by atoms with Gasteiger partial charge in [0.05, 0.1) is 5.92 Å². The Morgan fingerprint density at radius 1 is 1.22 bits per heavy atom. The van der Waals surface area contributed by atoms with Gasteiger partial charge in [-0.1, -0.05) is 50.1 Å². The summed E-state index contributed by atoms with van der Waals surface area (Å²) >= 11 is 0. The number of esters is 1. The van der Waals surface area contributed by atoms with E-state index in [0.717, 1.165) is 24.8 Å². The molecule has 0 heterocycles. The number of carbonyl (C=O) groups excluding carboxylic acids is 1. The van der Waals surface area contributed by atoms with Crippen molar-refractivity contribution < 1.29 is 9.53 Å². The molecule has 1 rings (SSSR count). The van der Waals surface area contributed by atoms with Gasteiger partial charge in [0.15, 0.2) is 0 Å². The summed E-state index contributed by atoms with van der Waals surface area (Å²) in [6.07, 6.45) is 2.99. The molecule has 2 heteroatoms. The first-order chi connectivity index (χ1) is 8.44. The van der Waals surface area contributed by atoms with Crippen molar-refractivity contribution in [3.63, 3.8) is 0 Å². The number of hydrogen-bond acceptors (Lipinski definition) is 2. The average Bonchev–Trinajstić information content (AvgIpc) is 2.28. The van der Waals surface area contributed by atoms with Crippen LogP contribution in [0.3, 0.4) is 0 Å². The molecule has 0 saturated heterocycles. The van der Waals surface area contributed by atoms with Crippen molar-refractivity contribution in [2.45, 2.75) is 58.5 Å². The molecule has 18 heavy (non-hydrogen) atoms. The van der Waals surface area contributed by atoms with Crippen molar-refractivity contribution in [2.24, 2.45) is 0 Å². The van der Waals surface area contributed by atoms with Crippen LogP contribution in [0.1, 0.15) is 58.4 Å². The maximum absolute atomic E-state index is 12.2. The second kappa shape index (κ2) is 6.58. The van der Waals surface area contributed by atoms with E-state index in [1.165, 1.54) is 0 Å². The van der Waals surface area contributed by atoms with Gasteiger partial charge in [-0.15, -0.1) is 0 Å².